The summed E-state index contributed by atoms with van der Waals surface area (Å²) in [5.74, 6) is -10.4. The third-order valence-corrected chi connectivity index (χ3v) is 4.33. The molecule has 0 saturated heterocycles. The number of rotatable bonds is 1. The topological polar surface area (TPSA) is 0 Å². The fourth-order valence-electron chi connectivity index (χ4n) is 3.17. The van der Waals surface area contributed by atoms with Gasteiger partial charge in [-0.1, -0.05) is 18.2 Å². The number of hydrogen-bond acceptors (Lipinski definition) is 0. The SMILES string of the molecule is Fc1cc(F)c2c(F)cc(-c3cccc4c(F)c(F)c(F)c(F)c34)cc2c1. The number of halogens is 7. The minimum absolute atomic E-state index is 0.0834. The Morgan fingerprint density at radius 2 is 1.22 bits per heavy atom. The van der Waals surface area contributed by atoms with Gasteiger partial charge in [0, 0.05) is 16.8 Å². The van der Waals surface area contributed by atoms with Crippen molar-refractivity contribution in [3.05, 3.63) is 83.2 Å². The first kappa shape index (κ1) is 17.3. The van der Waals surface area contributed by atoms with E-state index in [0.29, 0.717) is 6.07 Å². The van der Waals surface area contributed by atoms with E-state index in [2.05, 4.69) is 0 Å². The summed E-state index contributed by atoms with van der Waals surface area (Å²) < 4.78 is 97.2. The lowest BCUT2D eigenvalue weighted by atomic mass is 9.95. The zero-order chi connectivity index (χ0) is 19.5. The highest BCUT2D eigenvalue weighted by Gasteiger charge is 2.23. The highest BCUT2D eigenvalue weighted by Crippen LogP contribution is 2.37. The first-order valence-corrected chi connectivity index (χ1v) is 7.63. The maximum atomic E-state index is 14.4. The molecule has 4 aromatic rings. The van der Waals surface area contributed by atoms with Crippen molar-refractivity contribution in [2.75, 3.05) is 0 Å². The van der Waals surface area contributed by atoms with Crippen LogP contribution in [0.2, 0.25) is 0 Å². The van der Waals surface area contributed by atoms with Crippen LogP contribution < -0.4 is 0 Å². The van der Waals surface area contributed by atoms with Crippen LogP contribution in [0.1, 0.15) is 0 Å². The van der Waals surface area contributed by atoms with Gasteiger partial charge in [0.05, 0.1) is 5.39 Å². The summed E-state index contributed by atoms with van der Waals surface area (Å²) in [7, 11) is 0. The molecule has 0 aliphatic heterocycles. The van der Waals surface area contributed by atoms with Gasteiger partial charge in [0.25, 0.3) is 0 Å². The Hall–Kier alpha value is -3.09. The van der Waals surface area contributed by atoms with Gasteiger partial charge in [0.2, 0.25) is 0 Å². The molecular weight excluding hydrogens is 373 g/mol. The molecule has 0 spiro atoms. The molecule has 0 unspecified atom stereocenters. The van der Waals surface area contributed by atoms with Crippen LogP contribution in [0, 0.1) is 40.7 Å². The van der Waals surface area contributed by atoms with Crippen molar-refractivity contribution in [1.82, 2.24) is 0 Å². The predicted molar refractivity (Wildman–Crippen MR) is 86.6 cm³/mol. The summed E-state index contributed by atoms with van der Waals surface area (Å²) in [6.45, 7) is 0. The van der Waals surface area contributed by atoms with Gasteiger partial charge < -0.3 is 0 Å². The Balaban J connectivity index is 2.12. The molecule has 0 saturated carbocycles. The highest BCUT2D eigenvalue weighted by atomic mass is 19.2. The Morgan fingerprint density at radius 3 is 1.96 bits per heavy atom. The molecule has 4 rings (SSSR count). The van der Waals surface area contributed by atoms with Crippen LogP contribution in [0.5, 0.6) is 0 Å². The van der Waals surface area contributed by atoms with Crippen molar-refractivity contribution >= 4 is 21.5 Å². The fraction of sp³-hybridized carbons (Fsp3) is 0. The van der Waals surface area contributed by atoms with Gasteiger partial charge in [-0.05, 0) is 34.7 Å². The van der Waals surface area contributed by atoms with E-state index in [1.807, 2.05) is 0 Å². The molecule has 27 heavy (non-hydrogen) atoms. The molecule has 136 valence electrons. The van der Waals surface area contributed by atoms with E-state index in [4.69, 9.17) is 0 Å². The second kappa shape index (κ2) is 5.97. The summed E-state index contributed by atoms with van der Waals surface area (Å²) >= 11 is 0. The molecule has 0 fully saturated rings. The zero-order valence-electron chi connectivity index (χ0n) is 13.2. The van der Waals surface area contributed by atoms with Crippen molar-refractivity contribution in [1.29, 1.82) is 0 Å². The normalized spacial score (nSPS) is 11.5. The fourth-order valence-corrected chi connectivity index (χ4v) is 3.17. The summed E-state index contributed by atoms with van der Waals surface area (Å²) in [5, 5.41) is -1.80. The molecule has 0 atom stereocenters. The minimum atomic E-state index is -2.01. The van der Waals surface area contributed by atoms with Gasteiger partial charge in [-0.3, -0.25) is 0 Å². The monoisotopic (exact) mass is 380 g/mol. The van der Waals surface area contributed by atoms with Gasteiger partial charge in [-0.15, -0.1) is 0 Å². The van der Waals surface area contributed by atoms with Crippen molar-refractivity contribution in [3.8, 4) is 11.1 Å². The molecule has 0 N–H and O–H groups in total. The van der Waals surface area contributed by atoms with Crippen molar-refractivity contribution in [3.63, 3.8) is 0 Å². The highest BCUT2D eigenvalue weighted by molar-refractivity contribution is 6.00. The standard InChI is InChI=1S/C20H7F7/c21-10-5-9-4-8(6-13(22)15(9)14(23)7-10)11-2-1-3-12-16(11)18(25)20(27)19(26)17(12)24/h1-7H. The Kier molecular flexibility index (Phi) is 3.83. The molecule has 0 aliphatic rings. The number of hydrogen-bond donors (Lipinski definition) is 0. The smallest absolute Gasteiger partial charge is 0.198 e. The Bertz CT molecular complexity index is 1240. The Labute approximate surface area is 147 Å². The van der Waals surface area contributed by atoms with Crippen molar-refractivity contribution in [2.24, 2.45) is 0 Å². The van der Waals surface area contributed by atoms with Crippen LogP contribution in [-0.2, 0) is 0 Å². The molecule has 0 bridgehead atoms. The predicted octanol–water partition coefficient (Wildman–Crippen LogP) is 6.63. The second-order valence-electron chi connectivity index (χ2n) is 5.93. The third-order valence-electron chi connectivity index (χ3n) is 4.33. The summed E-state index contributed by atoms with van der Waals surface area (Å²) in [6.07, 6.45) is 0. The summed E-state index contributed by atoms with van der Waals surface area (Å²) in [5.41, 5.74) is -0.242. The van der Waals surface area contributed by atoms with Crippen molar-refractivity contribution in [2.45, 2.75) is 0 Å². The average molecular weight is 380 g/mol. The largest absolute Gasteiger partial charge is 0.207 e. The molecule has 0 aromatic heterocycles. The van der Waals surface area contributed by atoms with Crippen LogP contribution in [0.4, 0.5) is 30.7 Å². The van der Waals surface area contributed by atoms with Gasteiger partial charge >= 0.3 is 0 Å². The summed E-state index contributed by atoms with van der Waals surface area (Å²) in [6, 6.07) is 6.87. The minimum Gasteiger partial charge on any atom is -0.207 e. The van der Waals surface area contributed by atoms with Gasteiger partial charge in [-0.25, -0.2) is 30.7 Å². The molecular formula is C20H7F7. The molecule has 0 heterocycles. The van der Waals surface area contributed by atoms with Crippen molar-refractivity contribution < 1.29 is 30.7 Å². The lowest BCUT2D eigenvalue weighted by Gasteiger charge is -2.12. The van der Waals surface area contributed by atoms with Gasteiger partial charge in [0.15, 0.2) is 23.3 Å². The maximum absolute atomic E-state index is 14.4. The molecule has 0 radical (unpaired) electrons. The van der Waals surface area contributed by atoms with Crippen LogP contribution in [0.3, 0.4) is 0 Å². The molecule has 0 amide bonds. The number of benzene rings is 4. The van der Waals surface area contributed by atoms with Crippen LogP contribution in [0.25, 0.3) is 32.7 Å². The van der Waals surface area contributed by atoms with E-state index >= 15 is 0 Å². The molecule has 4 aromatic carbocycles. The first-order valence-electron chi connectivity index (χ1n) is 7.63. The molecule has 0 nitrogen and oxygen atoms in total. The zero-order valence-corrected chi connectivity index (χ0v) is 13.2. The van der Waals surface area contributed by atoms with E-state index in [1.165, 1.54) is 12.1 Å². The van der Waals surface area contributed by atoms with E-state index in [0.717, 1.165) is 24.3 Å². The third kappa shape index (κ3) is 2.53. The lowest BCUT2D eigenvalue weighted by Crippen LogP contribution is -1.99. The van der Waals surface area contributed by atoms with E-state index in [9.17, 15) is 30.7 Å². The van der Waals surface area contributed by atoms with Crippen LogP contribution in [0.15, 0.2) is 42.5 Å². The van der Waals surface area contributed by atoms with E-state index in [-0.39, 0.29) is 16.5 Å². The quantitative estimate of drug-likeness (QED) is 0.197. The van der Waals surface area contributed by atoms with Gasteiger partial charge in [0.1, 0.15) is 17.5 Å². The van der Waals surface area contributed by atoms with Gasteiger partial charge in [-0.2, -0.15) is 0 Å². The van der Waals surface area contributed by atoms with E-state index in [1.54, 1.807) is 0 Å². The van der Waals surface area contributed by atoms with Crippen LogP contribution in [-0.4, -0.2) is 0 Å². The first-order chi connectivity index (χ1) is 12.8. The average Bonchev–Trinajstić information content (AvgIpc) is 2.63. The second-order valence-corrected chi connectivity index (χ2v) is 5.93. The number of fused-ring (bicyclic) bond motifs is 2. The van der Waals surface area contributed by atoms with E-state index < -0.39 is 56.9 Å². The molecule has 0 aliphatic carbocycles. The maximum Gasteiger partial charge on any atom is 0.198 e. The van der Waals surface area contributed by atoms with Crippen LogP contribution >= 0.6 is 0 Å². The summed E-state index contributed by atoms with van der Waals surface area (Å²) in [4.78, 5) is 0. The Morgan fingerprint density at radius 1 is 0.556 bits per heavy atom. The molecule has 7 heteroatoms. The lowest BCUT2D eigenvalue weighted by molar-refractivity contribution is 0.418.